The second kappa shape index (κ2) is 7.44. The van der Waals surface area contributed by atoms with Crippen molar-refractivity contribution >= 4 is 23.1 Å². The van der Waals surface area contributed by atoms with Gasteiger partial charge in [0.2, 0.25) is 5.88 Å². The number of carbonyl (C=O) groups is 1. The van der Waals surface area contributed by atoms with Crippen molar-refractivity contribution in [2.75, 3.05) is 24.4 Å². The van der Waals surface area contributed by atoms with E-state index in [1.807, 2.05) is 60.5 Å². The Labute approximate surface area is 146 Å². The summed E-state index contributed by atoms with van der Waals surface area (Å²) in [6.45, 7) is 0. The molecule has 0 fully saturated rings. The molecule has 0 saturated heterocycles. The molecule has 6 heteroatoms. The molecule has 25 heavy (non-hydrogen) atoms. The highest BCUT2D eigenvalue weighted by Gasteiger charge is 2.15. The number of nitrogens with one attached hydrogen (secondary N) is 1. The van der Waals surface area contributed by atoms with Crippen LogP contribution < -0.4 is 15.0 Å². The maximum absolute atomic E-state index is 12.7. The molecule has 2 aromatic carbocycles. The zero-order chi connectivity index (χ0) is 17.6. The Kier molecular flexibility index (Phi) is 4.89. The number of ether oxygens (including phenoxy) is 1. The first-order valence-corrected chi connectivity index (χ1v) is 7.74. The molecular weight excluding hydrogens is 316 g/mol. The van der Waals surface area contributed by atoms with E-state index in [1.54, 1.807) is 12.1 Å². The Bertz CT molecular complexity index is 868. The summed E-state index contributed by atoms with van der Waals surface area (Å²) in [7, 11) is 3.44. The second-order valence-electron chi connectivity index (χ2n) is 5.31. The summed E-state index contributed by atoms with van der Waals surface area (Å²) in [4.78, 5) is 22.7. The van der Waals surface area contributed by atoms with Crippen molar-refractivity contribution in [1.82, 2.24) is 9.97 Å². The number of nitrogens with zero attached hydrogens (tertiary/aromatic N) is 3. The van der Waals surface area contributed by atoms with Gasteiger partial charge < -0.3 is 15.0 Å². The number of aromatic nitrogens is 2. The molecule has 0 atom stereocenters. The molecule has 6 nitrogen and oxygen atoms in total. The first-order chi connectivity index (χ1) is 12.2. The van der Waals surface area contributed by atoms with Gasteiger partial charge in [0.25, 0.3) is 5.91 Å². The second-order valence-corrected chi connectivity index (χ2v) is 5.31. The van der Waals surface area contributed by atoms with Gasteiger partial charge in [-0.3, -0.25) is 4.79 Å². The molecule has 0 aliphatic rings. The maximum atomic E-state index is 12.7. The lowest BCUT2D eigenvalue weighted by Crippen LogP contribution is -2.19. The highest BCUT2D eigenvalue weighted by atomic mass is 16.5. The van der Waals surface area contributed by atoms with Crippen molar-refractivity contribution in [3.05, 3.63) is 72.6 Å². The van der Waals surface area contributed by atoms with Crippen LogP contribution >= 0.6 is 0 Å². The van der Waals surface area contributed by atoms with Crippen LogP contribution in [0.3, 0.4) is 0 Å². The van der Waals surface area contributed by atoms with Gasteiger partial charge in [-0.05, 0) is 24.3 Å². The largest absolute Gasteiger partial charge is 0.481 e. The molecule has 3 aromatic rings. The van der Waals surface area contributed by atoms with Crippen LogP contribution in [0.2, 0.25) is 0 Å². The van der Waals surface area contributed by atoms with E-state index >= 15 is 0 Å². The molecule has 1 amide bonds. The Morgan fingerprint density at radius 3 is 2.52 bits per heavy atom. The molecule has 1 N–H and O–H groups in total. The Hall–Kier alpha value is -3.41. The quantitative estimate of drug-likeness (QED) is 0.773. The summed E-state index contributed by atoms with van der Waals surface area (Å²) in [5.41, 5.74) is 2.34. The summed E-state index contributed by atoms with van der Waals surface area (Å²) < 4.78 is 5.05. The molecule has 0 spiro atoms. The third-order valence-corrected chi connectivity index (χ3v) is 3.75. The average molecular weight is 334 g/mol. The third-order valence-electron chi connectivity index (χ3n) is 3.75. The van der Waals surface area contributed by atoms with Crippen LogP contribution in [-0.4, -0.2) is 30.0 Å². The fourth-order valence-corrected chi connectivity index (χ4v) is 2.45. The number of benzene rings is 2. The van der Waals surface area contributed by atoms with E-state index in [9.17, 15) is 4.79 Å². The Balaban J connectivity index is 1.88. The monoisotopic (exact) mass is 334 g/mol. The highest BCUT2D eigenvalue weighted by Crippen LogP contribution is 2.27. The molecule has 126 valence electrons. The molecule has 0 bridgehead atoms. The molecule has 3 rings (SSSR count). The minimum absolute atomic E-state index is 0.251. The first-order valence-electron chi connectivity index (χ1n) is 7.74. The fraction of sp³-hybridized carbons (Fsp3) is 0.105. The van der Waals surface area contributed by atoms with Gasteiger partial charge in [-0.25, -0.2) is 9.97 Å². The molecular formula is C19H18N4O2. The van der Waals surface area contributed by atoms with E-state index in [0.717, 1.165) is 11.4 Å². The summed E-state index contributed by atoms with van der Waals surface area (Å²) in [5.74, 6) is 0.521. The third kappa shape index (κ3) is 3.74. The van der Waals surface area contributed by atoms with Crippen molar-refractivity contribution < 1.29 is 9.53 Å². The van der Waals surface area contributed by atoms with Crippen molar-refractivity contribution in [3.8, 4) is 5.88 Å². The molecule has 0 aliphatic heterocycles. The summed E-state index contributed by atoms with van der Waals surface area (Å²) in [5, 5.41) is 2.78. The predicted octanol–water partition coefficient (Wildman–Crippen LogP) is 3.51. The molecule has 0 aliphatic carbocycles. The standard InChI is InChI=1S/C19H18N4O2/c1-23(14-8-4-3-5-9-14)16-11-7-6-10-15(16)19(24)22-17-12-18(25-2)21-13-20-17/h3-13H,1-2H3,(H,20,21,22,24). The number of para-hydroxylation sites is 2. The zero-order valence-corrected chi connectivity index (χ0v) is 14.0. The molecule has 1 aromatic heterocycles. The van der Waals surface area contributed by atoms with E-state index in [2.05, 4.69) is 15.3 Å². The van der Waals surface area contributed by atoms with Crippen LogP contribution in [0.5, 0.6) is 5.88 Å². The molecule has 0 saturated carbocycles. The minimum Gasteiger partial charge on any atom is -0.481 e. The lowest BCUT2D eigenvalue weighted by Gasteiger charge is -2.22. The maximum Gasteiger partial charge on any atom is 0.258 e. The van der Waals surface area contributed by atoms with E-state index in [-0.39, 0.29) is 5.91 Å². The first kappa shape index (κ1) is 16.4. The van der Waals surface area contributed by atoms with Gasteiger partial charge in [0.1, 0.15) is 12.1 Å². The van der Waals surface area contributed by atoms with Gasteiger partial charge in [-0.1, -0.05) is 30.3 Å². The van der Waals surface area contributed by atoms with Crippen molar-refractivity contribution in [3.63, 3.8) is 0 Å². The number of amides is 1. The zero-order valence-electron chi connectivity index (χ0n) is 14.0. The van der Waals surface area contributed by atoms with Crippen molar-refractivity contribution in [2.24, 2.45) is 0 Å². The smallest absolute Gasteiger partial charge is 0.258 e. The molecule has 0 radical (unpaired) electrons. The van der Waals surface area contributed by atoms with Gasteiger partial charge in [-0.2, -0.15) is 0 Å². The van der Waals surface area contributed by atoms with E-state index < -0.39 is 0 Å². The van der Waals surface area contributed by atoms with Crippen molar-refractivity contribution in [1.29, 1.82) is 0 Å². The SMILES string of the molecule is COc1cc(NC(=O)c2ccccc2N(C)c2ccccc2)ncn1. The summed E-state index contributed by atoms with van der Waals surface area (Å²) in [6, 6.07) is 18.8. The fourth-order valence-electron chi connectivity index (χ4n) is 2.45. The topological polar surface area (TPSA) is 67.3 Å². The summed E-state index contributed by atoms with van der Waals surface area (Å²) in [6.07, 6.45) is 1.34. The number of anilines is 3. The predicted molar refractivity (Wildman–Crippen MR) is 97.5 cm³/mol. The normalized spacial score (nSPS) is 10.2. The number of rotatable bonds is 5. The number of methoxy groups -OCH3 is 1. The van der Waals surface area contributed by atoms with Gasteiger partial charge >= 0.3 is 0 Å². The highest BCUT2D eigenvalue weighted by molar-refractivity contribution is 6.08. The van der Waals surface area contributed by atoms with Crippen LogP contribution in [-0.2, 0) is 0 Å². The average Bonchev–Trinajstić information content (AvgIpc) is 2.68. The number of hydrogen-bond donors (Lipinski definition) is 1. The number of carbonyl (C=O) groups excluding carboxylic acids is 1. The van der Waals surface area contributed by atoms with Crippen LogP contribution in [0.15, 0.2) is 67.0 Å². The Morgan fingerprint density at radius 2 is 1.76 bits per heavy atom. The van der Waals surface area contributed by atoms with Crippen LogP contribution in [0, 0.1) is 0 Å². The lowest BCUT2D eigenvalue weighted by molar-refractivity contribution is 0.102. The Morgan fingerprint density at radius 1 is 1.04 bits per heavy atom. The van der Waals surface area contributed by atoms with E-state index in [1.165, 1.54) is 13.4 Å². The minimum atomic E-state index is -0.251. The van der Waals surface area contributed by atoms with E-state index in [0.29, 0.717) is 17.3 Å². The molecule has 1 heterocycles. The summed E-state index contributed by atoms with van der Waals surface area (Å²) >= 11 is 0. The van der Waals surface area contributed by atoms with Crippen LogP contribution in [0.4, 0.5) is 17.2 Å². The van der Waals surface area contributed by atoms with Gasteiger partial charge in [0, 0.05) is 18.8 Å². The van der Waals surface area contributed by atoms with Crippen LogP contribution in [0.25, 0.3) is 0 Å². The van der Waals surface area contributed by atoms with Gasteiger partial charge in [0.05, 0.1) is 18.4 Å². The lowest BCUT2D eigenvalue weighted by atomic mass is 10.1. The van der Waals surface area contributed by atoms with Gasteiger partial charge in [0.15, 0.2) is 0 Å². The van der Waals surface area contributed by atoms with Gasteiger partial charge in [-0.15, -0.1) is 0 Å². The van der Waals surface area contributed by atoms with E-state index in [4.69, 9.17) is 4.74 Å². The van der Waals surface area contributed by atoms with Crippen molar-refractivity contribution in [2.45, 2.75) is 0 Å². The van der Waals surface area contributed by atoms with Crippen LogP contribution in [0.1, 0.15) is 10.4 Å². The molecule has 0 unspecified atom stereocenters. The number of hydrogen-bond acceptors (Lipinski definition) is 5.